The van der Waals surface area contributed by atoms with E-state index in [0.29, 0.717) is 12.0 Å². The lowest BCUT2D eigenvalue weighted by Gasteiger charge is -2.22. The number of esters is 1. The van der Waals surface area contributed by atoms with Gasteiger partial charge in [-0.25, -0.2) is 4.79 Å². The van der Waals surface area contributed by atoms with Gasteiger partial charge in [-0.1, -0.05) is 6.42 Å². The number of carbonyl (C=O) groups is 2. The van der Waals surface area contributed by atoms with Gasteiger partial charge in [0.1, 0.15) is 0 Å². The van der Waals surface area contributed by atoms with Crippen molar-refractivity contribution in [3.63, 3.8) is 0 Å². The number of amides is 1. The largest absolute Gasteiger partial charge is 0.462 e. The van der Waals surface area contributed by atoms with Crippen LogP contribution in [0.25, 0.3) is 0 Å². The first-order valence-electron chi connectivity index (χ1n) is 5.13. The average Bonchev–Trinajstić information content (AvgIpc) is 2.76. The molecule has 4 heteroatoms. The molecule has 2 unspecified atom stereocenters. The van der Waals surface area contributed by atoms with Crippen LogP contribution < -0.4 is 0 Å². The first-order chi connectivity index (χ1) is 6.74. The Hall–Kier alpha value is -1.06. The molecule has 1 heterocycles. The fraction of sp³-hybridized carbons (Fsp3) is 0.800. The van der Waals surface area contributed by atoms with Gasteiger partial charge in [0.25, 0.3) is 0 Å². The van der Waals surface area contributed by atoms with E-state index in [2.05, 4.69) is 4.74 Å². The minimum absolute atomic E-state index is 0.307. The number of hydrogen-bond donors (Lipinski definition) is 0. The quantitative estimate of drug-likeness (QED) is 0.421. The van der Waals surface area contributed by atoms with Crippen molar-refractivity contribution in [2.75, 3.05) is 13.7 Å². The second kappa shape index (κ2) is 3.59. The molecule has 0 spiro atoms. The Balaban J connectivity index is 2.05. The number of likely N-dealkylation sites (tertiary alicyclic amines) is 1. The van der Waals surface area contributed by atoms with E-state index in [-0.39, 0.29) is 0 Å². The Bertz CT molecular complexity index is 264. The van der Waals surface area contributed by atoms with Gasteiger partial charge < -0.3 is 9.64 Å². The van der Waals surface area contributed by atoms with Crippen LogP contribution in [0.4, 0.5) is 0 Å². The molecule has 0 aromatic rings. The number of fused-ring (bicyclic) bond motifs is 1. The molecule has 1 aliphatic heterocycles. The fourth-order valence-corrected chi connectivity index (χ4v) is 2.69. The van der Waals surface area contributed by atoms with E-state index in [4.69, 9.17) is 0 Å². The van der Waals surface area contributed by atoms with Gasteiger partial charge in [0.05, 0.1) is 7.11 Å². The van der Waals surface area contributed by atoms with Gasteiger partial charge in [-0.15, -0.1) is 0 Å². The van der Waals surface area contributed by atoms with Gasteiger partial charge in [0.2, 0.25) is 0 Å². The van der Waals surface area contributed by atoms with Gasteiger partial charge in [0, 0.05) is 12.6 Å². The second-order valence-electron chi connectivity index (χ2n) is 4.04. The van der Waals surface area contributed by atoms with Gasteiger partial charge >= 0.3 is 11.9 Å². The molecule has 2 aliphatic rings. The fourth-order valence-electron chi connectivity index (χ4n) is 2.69. The van der Waals surface area contributed by atoms with Gasteiger partial charge in [0.15, 0.2) is 0 Å². The highest BCUT2D eigenvalue weighted by atomic mass is 16.5. The van der Waals surface area contributed by atoms with Crippen molar-refractivity contribution in [2.45, 2.75) is 31.7 Å². The van der Waals surface area contributed by atoms with E-state index in [1.807, 2.05) is 0 Å². The molecule has 1 amide bonds. The highest BCUT2D eigenvalue weighted by Gasteiger charge is 2.41. The number of nitrogens with zero attached hydrogens (tertiary/aromatic N) is 1. The third-order valence-electron chi connectivity index (χ3n) is 3.38. The van der Waals surface area contributed by atoms with Crippen LogP contribution in [0.15, 0.2) is 0 Å². The molecular weight excluding hydrogens is 182 g/mol. The summed E-state index contributed by atoms with van der Waals surface area (Å²) in [6.07, 6.45) is 4.48. The molecule has 78 valence electrons. The number of methoxy groups -OCH3 is 1. The van der Waals surface area contributed by atoms with Crippen LogP contribution >= 0.6 is 0 Å². The second-order valence-corrected chi connectivity index (χ2v) is 4.04. The summed E-state index contributed by atoms with van der Waals surface area (Å²) in [4.78, 5) is 24.3. The summed E-state index contributed by atoms with van der Waals surface area (Å²) in [5, 5.41) is 0. The Morgan fingerprint density at radius 3 is 2.79 bits per heavy atom. The summed E-state index contributed by atoms with van der Waals surface area (Å²) in [6, 6.07) is 0.307. The lowest BCUT2D eigenvalue weighted by Crippen LogP contribution is -2.40. The predicted molar refractivity (Wildman–Crippen MR) is 49.5 cm³/mol. The average molecular weight is 197 g/mol. The summed E-state index contributed by atoms with van der Waals surface area (Å²) in [7, 11) is 1.25. The van der Waals surface area contributed by atoms with Crippen LogP contribution in [0.5, 0.6) is 0 Å². The smallest absolute Gasteiger partial charge is 0.396 e. The van der Waals surface area contributed by atoms with E-state index in [1.165, 1.54) is 20.0 Å². The normalized spacial score (nSPS) is 30.2. The van der Waals surface area contributed by atoms with Crippen LogP contribution in [0.3, 0.4) is 0 Å². The molecule has 1 aliphatic carbocycles. The van der Waals surface area contributed by atoms with Crippen LogP contribution in [0.2, 0.25) is 0 Å². The minimum atomic E-state index is -0.724. The van der Waals surface area contributed by atoms with Crippen LogP contribution in [-0.2, 0) is 14.3 Å². The molecule has 0 N–H and O–H groups in total. The summed E-state index contributed by atoms with van der Waals surface area (Å²) in [5.41, 5.74) is 0. The molecule has 0 bridgehead atoms. The SMILES string of the molecule is COC(=O)C(=O)N1CCC2CCCC21. The van der Waals surface area contributed by atoms with E-state index >= 15 is 0 Å². The van der Waals surface area contributed by atoms with E-state index < -0.39 is 11.9 Å². The summed E-state index contributed by atoms with van der Waals surface area (Å²) in [6.45, 7) is 0.725. The summed E-state index contributed by atoms with van der Waals surface area (Å²) >= 11 is 0. The van der Waals surface area contributed by atoms with Gasteiger partial charge in [-0.2, -0.15) is 0 Å². The van der Waals surface area contributed by atoms with Crippen molar-refractivity contribution in [2.24, 2.45) is 5.92 Å². The van der Waals surface area contributed by atoms with E-state index in [1.54, 1.807) is 4.90 Å². The maximum atomic E-state index is 11.6. The van der Waals surface area contributed by atoms with Crippen LogP contribution in [0, 0.1) is 5.92 Å². The van der Waals surface area contributed by atoms with Crippen molar-refractivity contribution in [1.29, 1.82) is 0 Å². The molecule has 0 radical (unpaired) electrons. The Kier molecular flexibility index (Phi) is 2.44. The number of carbonyl (C=O) groups excluding carboxylic acids is 2. The van der Waals surface area contributed by atoms with Crippen molar-refractivity contribution >= 4 is 11.9 Å². The number of ether oxygens (including phenoxy) is 1. The molecule has 2 atom stereocenters. The van der Waals surface area contributed by atoms with Crippen LogP contribution in [0.1, 0.15) is 25.7 Å². The highest BCUT2D eigenvalue weighted by Crippen LogP contribution is 2.37. The molecule has 14 heavy (non-hydrogen) atoms. The van der Waals surface area contributed by atoms with Crippen molar-refractivity contribution < 1.29 is 14.3 Å². The zero-order valence-electron chi connectivity index (χ0n) is 8.36. The highest BCUT2D eigenvalue weighted by molar-refractivity contribution is 6.32. The molecule has 1 saturated heterocycles. The first-order valence-corrected chi connectivity index (χ1v) is 5.13. The van der Waals surface area contributed by atoms with E-state index in [9.17, 15) is 9.59 Å². The molecule has 0 aromatic heterocycles. The minimum Gasteiger partial charge on any atom is -0.462 e. The topological polar surface area (TPSA) is 46.6 Å². The third kappa shape index (κ3) is 1.38. The van der Waals surface area contributed by atoms with Crippen molar-refractivity contribution in [3.05, 3.63) is 0 Å². The molecular formula is C10H15NO3. The first kappa shape index (κ1) is 9.49. The number of rotatable bonds is 0. The number of hydrogen-bond acceptors (Lipinski definition) is 3. The van der Waals surface area contributed by atoms with Crippen LogP contribution in [-0.4, -0.2) is 36.5 Å². The Labute approximate surface area is 83.2 Å². The maximum Gasteiger partial charge on any atom is 0.396 e. The summed E-state index contributed by atoms with van der Waals surface area (Å²) < 4.78 is 4.44. The molecule has 1 saturated carbocycles. The van der Waals surface area contributed by atoms with Gasteiger partial charge in [-0.3, -0.25) is 4.79 Å². The molecule has 4 nitrogen and oxygen atoms in total. The van der Waals surface area contributed by atoms with Crippen molar-refractivity contribution in [3.8, 4) is 0 Å². The zero-order chi connectivity index (χ0) is 10.1. The predicted octanol–water partition coefficient (Wildman–Crippen LogP) is 0.560. The van der Waals surface area contributed by atoms with Gasteiger partial charge in [-0.05, 0) is 25.2 Å². The summed E-state index contributed by atoms with van der Waals surface area (Å²) in [5.74, 6) is -0.553. The molecule has 2 rings (SSSR count). The monoisotopic (exact) mass is 197 g/mol. The lowest BCUT2D eigenvalue weighted by atomic mass is 10.0. The molecule has 2 fully saturated rings. The Morgan fingerprint density at radius 1 is 1.29 bits per heavy atom. The Morgan fingerprint density at radius 2 is 2.07 bits per heavy atom. The zero-order valence-corrected chi connectivity index (χ0v) is 8.36. The third-order valence-corrected chi connectivity index (χ3v) is 3.38. The van der Waals surface area contributed by atoms with Crippen molar-refractivity contribution in [1.82, 2.24) is 4.90 Å². The standard InChI is InChI=1S/C10H15NO3/c1-14-10(13)9(12)11-6-5-7-3-2-4-8(7)11/h7-8H,2-6H2,1H3. The van der Waals surface area contributed by atoms with E-state index in [0.717, 1.165) is 19.4 Å². The maximum absolute atomic E-state index is 11.6. The molecule has 0 aromatic carbocycles. The lowest BCUT2D eigenvalue weighted by molar-refractivity contribution is -0.158.